The van der Waals surface area contributed by atoms with Gasteiger partial charge in [-0.2, -0.15) is 0 Å². The SMILES string of the molecule is CCc1ccc(Nc2cccc(C(=O)O)c2)cc1. The number of aromatic carboxylic acids is 1. The van der Waals surface area contributed by atoms with Crippen LogP contribution in [0.25, 0.3) is 0 Å². The molecule has 0 bridgehead atoms. The average Bonchev–Trinajstić information content (AvgIpc) is 2.40. The minimum absolute atomic E-state index is 0.283. The fourth-order valence-electron chi connectivity index (χ4n) is 1.72. The van der Waals surface area contributed by atoms with Gasteiger partial charge in [-0.05, 0) is 42.3 Å². The Hall–Kier alpha value is -2.29. The first-order valence-electron chi connectivity index (χ1n) is 5.88. The van der Waals surface area contributed by atoms with Crippen molar-refractivity contribution in [2.75, 3.05) is 5.32 Å². The van der Waals surface area contributed by atoms with Crippen LogP contribution in [0.4, 0.5) is 11.4 Å². The fourth-order valence-corrected chi connectivity index (χ4v) is 1.72. The number of nitrogens with one attached hydrogen (secondary N) is 1. The van der Waals surface area contributed by atoms with Gasteiger partial charge < -0.3 is 10.4 Å². The van der Waals surface area contributed by atoms with Crippen molar-refractivity contribution >= 4 is 17.3 Å². The molecule has 0 aliphatic rings. The standard InChI is InChI=1S/C15H15NO2/c1-2-11-6-8-13(9-7-11)16-14-5-3-4-12(10-14)15(17)18/h3-10,16H,2H2,1H3,(H,17,18). The summed E-state index contributed by atoms with van der Waals surface area (Å²) < 4.78 is 0. The molecule has 3 nitrogen and oxygen atoms in total. The van der Waals surface area contributed by atoms with Gasteiger partial charge in [0.1, 0.15) is 0 Å². The average molecular weight is 241 g/mol. The molecule has 2 N–H and O–H groups in total. The van der Waals surface area contributed by atoms with Crippen LogP contribution >= 0.6 is 0 Å². The lowest BCUT2D eigenvalue weighted by Crippen LogP contribution is -1.97. The molecule has 2 rings (SSSR count). The second kappa shape index (κ2) is 5.36. The molecule has 3 heteroatoms. The van der Waals surface area contributed by atoms with Crippen LogP contribution in [-0.2, 0) is 6.42 Å². The zero-order valence-corrected chi connectivity index (χ0v) is 10.2. The lowest BCUT2D eigenvalue weighted by atomic mass is 10.1. The van der Waals surface area contributed by atoms with Gasteiger partial charge in [0.25, 0.3) is 0 Å². The normalized spacial score (nSPS) is 10.1. The Bertz CT molecular complexity index is 547. The summed E-state index contributed by atoms with van der Waals surface area (Å²) in [6, 6.07) is 14.9. The van der Waals surface area contributed by atoms with E-state index in [9.17, 15) is 4.79 Å². The number of hydrogen-bond donors (Lipinski definition) is 2. The summed E-state index contributed by atoms with van der Waals surface area (Å²) in [6.45, 7) is 2.11. The van der Waals surface area contributed by atoms with E-state index in [0.29, 0.717) is 0 Å². The highest BCUT2D eigenvalue weighted by atomic mass is 16.4. The van der Waals surface area contributed by atoms with Crippen molar-refractivity contribution in [3.8, 4) is 0 Å². The zero-order valence-electron chi connectivity index (χ0n) is 10.2. The van der Waals surface area contributed by atoms with Crippen LogP contribution in [0.5, 0.6) is 0 Å². The number of carbonyl (C=O) groups is 1. The van der Waals surface area contributed by atoms with Gasteiger partial charge in [0.2, 0.25) is 0 Å². The summed E-state index contributed by atoms with van der Waals surface area (Å²) in [6.07, 6.45) is 1.01. The monoisotopic (exact) mass is 241 g/mol. The summed E-state index contributed by atoms with van der Waals surface area (Å²) in [5.74, 6) is -0.917. The first kappa shape index (κ1) is 12.2. The minimum Gasteiger partial charge on any atom is -0.478 e. The van der Waals surface area contributed by atoms with Crippen LogP contribution in [0.1, 0.15) is 22.8 Å². The van der Waals surface area contributed by atoms with E-state index < -0.39 is 5.97 Å². The van der Waals surface area contributed by atoms with E-state index in [0.717, 1.165) is 17.8 Å². The molecule has 0 heterocycles. The summed E-state index contributed by atoms with van der Waals surface area (Å²) in [5, 5.41) is 12.1. The molecule has 0 fully saturated rings. The van der Waals surface area contributed by atoms with Gasteiger partial charge in [0.05, 0.1) is 5.56 Å². The maximum Gasteiger partial charge on any atom is 0.335 e. The van der Waals surface area contributed by atoms with Gasteiger partial charge in [-0.3, -0.25) is 0 Å². The number of aryl methyl sites for hydroxylation is 1. The summed E-state index contributed by atoms with van der Waals surface area (Å²) >= 11 is 0. The van der Waals surface area contributed by atoms with E-state index in [1.807, 2.05) is 18.2 Å². The largest absolute Gasteiger partial charge is 0.478 e. The van der Waals surface area contributed by atoms with Gasteiger partial charge in [-0.25, -0.2) is 4.79 Å². The van der Waals surface area contributed by atoms with Crippen molar-refractivity contribution < 1.29 is 9.90 Å². The van der Waals surface area contributed by atoms with Crippen molar-refractivity contribution in [1.29, 1.82) is 0 Å². The van der Waals surface area contributed by atoms with Crippen molar-refractivity contribution in [1.82, 2.24) is 0 Å². The summed E-state index contributed by atoms with van der Waals surface area (Å²) in [5.41, 5.74) is 3.29. The van der Waals surface area contributed by atoms with Crippen LogP contribution in [-0.4, -0.2) is 11.1 Å². The van der Waals surface area contributed by atoms with Crippen molar-refractivity contribution in [2.45, 2.75) is 13.3 Å². The fraction of sp³-hybridized carbons (Fsp3) is 0.133. The number of benzene rings is 2. The Morgan fingerprint density at radius 2 is 1.83 bits per heavy atom. The lowest BCUT2D eigenvalue weighted by Gasteiger charge is -2.07. The van der Waals surface area contributed by atoms with E-state index >= 15 is 0 Å². The molecule has 0 aliphatic heterocycles. The van der Waals surface area contributed by atoms with Crippen molar-refractivity contribution in [3.63, 3.8) is 0 Å². The molecule has 0 unspecified atom stereocenters. The molecule has 0 amide bonds. The summed E-state index contributed by atoms with van der Waals surface area (Å²) in [7, 11) is 0. The number of rotatable bonds is 4. The Morgan fingerprint density at radius 3 is 2.44 bits per heavy atom. The molecular formula is C15H15NO2. The van der Waals surface area contributed by atoms with Crippen LogP contribution in [0.15, 0.2) is 48.5 Å². The highest BCUT2D eigenvalue weighted by Crippen LogP contribution is 2.18. The second-order valence-corrected chi connectivity index (χ2v) is 4.06. The lowest BCUT2D eigenvalue weighted by molar-refractivity contribution is 0.0697. The number of anilines is 2. The van der Waals surface area contributed by atoms with E-state index in [1.165, 1.54) is 5.56 Å². The van der Waals surface area contributed by atoms with Crippen LogP contribution < -0.4 is 5.32 Å². The third kappa shape index (κ3) is 2.88. The van der Waals surface area contributed by atoms with Gasteiger partial charge >= 0.3 is 5.97 Å². The van der Waals surface area contributed by atoms with Crippen LogP contribution in [0, 0.1) is 0 Å². The molecule has 0 atom stereocenters. The van der Waals surface area contributed by atoms with Gasteiger partial charge in [0, 0.05) is 11.4 Å². The molecule has 0 aromatic heterocycles. The van der Waals surface area contributed by atoms with E-state index in [-0.39, 0.29) is 5.56 Å². The molecule has 92 valence electrons. The quantitative estimate of drug-likeness (QED) is 0.858. The molecule has 0 spiro atoms. The number of carboxylic acids is 1. The molecule has 18 heavy (non-hydrogen) atoms. The van der Waals surface area contributed by atoms with E-state index in [2.05, 4.69) is 24.4 Å². The number of carboxylic acid groups (broad SMARTS) is 1. The predicted molar refractivity (Wildman–Crippen MR) is 72.5 cm³/mol. The first-order chi connectivity index (χ1) is 8.69. The Labute approximate surface area is 106 Å². The van der Waals surface area contributed by atoms with Crippen molar-refractivity contribution in [3.05, 3.63) is 59.7 Å². The zero-order chi connectivity index (χ0) is 13.0. The molecule has 0 radical (unpaired) electrons. The molecule has 2 aromatic rings. The van der Waals surface area contributed by atoms with Crippen LogP contribution in [0.3, 0.4) is 0 Å². The maximum absolute atomic E-state index is 10.9. The second-order valence-electron chi connectivity index (χ2n) is 4.06. The molecule has 2 aromatic carbocycles. The smallest absolute Gasteiger partial charge is 0.335 e. The number of hydrogen-bond acceptors (Lipinski definition) is 2. The predicted octanol–water partition coefficient (Wildman–Crippen LogP) is 3.69. The van der Waals surface area contributed by atoms with E-state index in [1.54, 1.807) is 18.2 Å². The van der Waals surface area contributed by atoms with Gasteiger partial charge in [0.15, 0.2) is 0 Å². The molecular weight excluding hydrogens is 226 g/mol. The highest BCUT2D eigenvalue weighted by Gasteiger charge is 2.03. The van der Waals surface area contributed by atoms with Crippen molar-refractivity contribution in [2.24, 2.45) is 0 Å². The Balaban J connectivity index is 2.17. The maximum atomic E-state index is 10.9. The van der Waals surface area contributed by atoms with Crippen LogP contribution in [0.2, 0.25) is 0 Å². The Morgan fingerprint density at radius 1 is 1.11 bits per heavy atom. The molecule has 0 saturated carbocycles. The third-order valence-electron chi connectivity index (χ3n) is 2.76. The summed E-state index contributed by atoms with van der Waals surface area (Å²) in [4.78, 5) is 10.9. The topological polar surface area (TPSA) is 49.3 Å². The van der Waals surface area contributed by atoms with Gasteiger partial charge in [-0.15, -0.1) is 0 Å². The minimum atomic E-state index is -0.917. The van der Waals surface area contributed by atoms with E-state index in [4.69, 9.17) is 5.11 Å². The van der Waals surface area contributed by atoms with Gasteiger partial charge in [-0.1, -0.05) is 25.1 Å². The first-order valence-corrected chi connectivity index (χ1v) is 5.88. The third-order valence-corrected chi connectivity index (χ3v) is 2.76. The molecule has 0 aliphatic carbocycles. The Kier molecular flexibility index (Phi) is 3.63. The highest BCUT2D eigenvalue weighted by molar-refractivity contribution is 5.89. The molecule has 0 saturated heterocycles.